The predicted molar refractivity (Wildman–Crippen MR) is 102 cm³/mol. The van der Waals surface area contributed by atoms with Crippen molar-refractivity contribution >= 4 is 53.1 Å². The fourth-order valence-corrected chi connectivity index (χ4v) is 1.40. The number of carbonyl (C=O) groups is 4. The molecule has 0 bridgehead atoms. The molecule has 1 unspecified atom stereocenters. The average Bonchev–Trinajstić information content (AvgIpc) is 3.32. The van der Waals surface area contributed by atoms with Gasteiger partial charge in [0.25, 0.3) is 0 Å². The third kappa shape index (κ3) is 15.8. The van der Waals surface area contributed by atoms with Crippen molar-refractivity contribution in [3.63, 3.8) is 0 Å². The van der Waals surface area contributed by atoms with Crippen LogP contribution in [0.25, 0.3) is 12.2 Å². The number of hydrogen-bond donors (Lipinski definition) is 5. The van der Waals surface area contributed by atoms with Crippen molar-refractivity contribution in [2.45, 2.75) is 18.9 Å². The van der Waals surface area contributed by atoms with Crippen LogP contribution in [0.15, 0.2) is 37.2 Å². The SMILES string of the molecule is CC(O)(CC(=O)O)C(=O)O.O=C([O-])C=Cc1c[nH]cn1.O=C([O-])C=Cc1c[nH]cn1.[Se+2]. The number of aliphatic hydroxyl groups is 1. The van der Waals surface area contributed by atoms with Crippen LogP contribution in [0.3, 0.4) is 0 Å². The molecule has 0 aliphatic rings. The fraction of sp³-hybridized carbons (Fsp3) is 0.176. The van der Waals surface area contributed by atoms with Crippen LogP contribution >= 0.6 is 0 Å². The number of carboxylic acid groups (broad SMARTS) is 4. The van der Waals surface area contributed by atoms with Crippen LogP contribution in [-0.4, -0.2) is 81.8 Å². The first-order valence-electron chi connectivity index (χ1n) is 7.87. The maximum atomic E-state index is 10.0. The zero-order valence-electron chi connectivity index (χ0n) is 15.9. The Morgan fingerprint density at radius 3 is 1.55 bits per heavy atom. The number of rotatable bonds is 7. The quantitative estimate of drug-likeness (QED) is 0.193. The van der Waals surface area contributed by atoms with Gasteiger partial charge in [0.05, 0.1) is 42.4 Å². The first kappa shape index (κ1) is 29.5. The topological polar surface area (TPSA) is 232 Å². The first-order valence-corrected chi connectivity index (χ1v) is 7.87. The molecule has 1 atom stereocenters. The van der Waals surface area contributed by atoms with Gasteiger partial charge in [-0.05, 0) is 31.2 Å². The summed E-state index contributed by atoms with van der Waals surface area (Å²) < 4.78 is 0. The van der Waals surface area contributed by atoms with Gasteiger partial charge in [-0.25, -0.2) is 14.8 Å². The Morgan fingerprint density at radius 1 is 0.968 bits per heavy atom. The Bertz CT molecular complexity index is 821. The van der Waals surface area contributed by atoms with E-state index in [1.807, 2.05) is 0 Å². The number of carboxylic acids is 4. The summed E-state index contributed by atoms with van der Waals surface area (Å²) in [5.74, 6) is -5.31. The van der Waals surface area contributed by atoms with Gasteiger partial charge < -0.3 is 45.1 Å². The van der Waals surface area contributed by atoms with Gasteiger partial charge in [0.2, 0.25) is 0 Å². The van der Waals surface area contributed by atoms with Gasteiger partial charge in [0, 0.05) is 12.4 Å². The molecule has 0 aliphatic carbocycles. The zero-order valence-corrected chi connectivity index (χ0v) is 17.6. The Balaban J connectivity index is 0. The summed E-state index contributed by atoms with van der Waals surface area (Å²) in [6.45, 7) is 0.934. The number of hydrogen-bond acceptors (Lipinski definition) is 9. The summed E-state index contributed by atoms with van der Waals surface area (Å²) in [7, 11) is 0. The summed E-state index contributed by atoms with van der Waals surface area (Å²) in [5, 5.41) is 44.8. The summed E-state index contributed by atoms with van der Waals surface area (Å²) in [4.78, 5) is 52.5. The predicted octanol–water partition coefficient (Wildman–Crippen LogP) is -2.74. The molecular weight excluding hydrogens is 483 g/mol. The minimum atomic E-state index is -2.16. The number of imidazole rings is 2. The summed E-state index contributed by atoms with van der Waals surface area (Å²) in [6.07, 6.45) is 9.87. The monoisotopic (exact) mass is 502 g/mol. The Labute approximate surface area is 185 Å². The van der Waals surface area contributed by atoms with Crippen molar-refractivity contribution in [1.29, 1.82) is 0 Å². The number of nitrogens with zero attached hydrogens (tertiary/aromatic N) is 2. The molecule has 2 aromatic rings. The molecule has 5 N–H and O–H groups in total. The van der Waals surface area contributed by atoms with Gasteiger partial charge >= 0.3 is 29.0 Å². The van der Waals surface area contributed by atoms with E-state index < -0.39 is 35.9 Å². The smallest absolute Gasteiger partial charge is 0.545 e. The summed E-state index contributed by atoms with van der Waals surface area (Å²) in [6, 6.07) is 0. The second-order valence-electron chi connectivity index (χ2n) is 5.44. The third-order valence-corrected chi connectivity index (χ3v) is 2.78. The van der Waals surface area contributed by atoms with Crippen LogP contribution in [0.4, 0.5) is 0 Å². The molecule has 166 valence electrons. The molecule has 31 heavy (non-hydrogen) atoms. The van der Waals surface area contributed by atoms with E-state index in [0.717, 1.165) is 19.1 Å². The number of carbonyl (C=O) groups excluding carboxylic acids is 2. The molecule has 0 spiro atoms. The maximum absolute atomic E-state index is 10.0. The molecule has 0 saturated carbocycles. The van der Waals surface area contributed by atoms with Crippen LogP contribution < -0.4 is 10.2 Å². The summed E-state index contributed by atoms with van der Waals surface area (Å²) in [5.41, 5.74) is -1.01. The molecule has 13 nitrogen and oxygen atoms in total. The normalized spacial score (nSPS) is 11.8. The second-order valence-corrected chi connectivity index (χ2v) is 5.44. The molecule has 2 heterocycles. The van der Waals surface area contributed by atoms with Gasteiger partial charge in [-0.1, -0.05) is 0 Å². The molecule has 4 radical (unpaired) electrons. The maximum Gasteiger partial charge on any atom is 2.00 e. The van der Waals surface area contributed by atoms with E-state index in [2.05, 4.69) is 19.9 Å². The van der Waals surface area contributed by atoms with Crippen LogP contribution in [0, 0.1) is 0 Å². The van der Waals surface area contributed by atoms with Crippen molar-refractivity contribution in [3.8, 4) is 0 Å². The number of H-pyrrole nitrogens is 2. The zero-order chi connectivity index (χ0) is 23.2. The van der Waals surface area contributed by atoms with Crippen molar-refractivity contribution < 1.29 is 44.7 Å². The number of aromatic nitrogens is 4. The van der Waals surface area contributed by atoms with Gasteiger partial charge in [-0.2, -0.15) is 0 Å². The Morgan fingerprint density at radius 2 is 1.35 bits per heavy atom. The van der Waals surface area contributed by atoms with E-state index in [4.69, 9.17) is 15.3 Å². The minimum absolute atomic E-state index is 0. The Kier molecular flexibility index (Phi) is 14.4. The van der Waals surface area contributed by atoms with Gasteiger partial charge in [-0.3, -0.25) is 4.79 Å². The second kappa shape index (κ2) is 15.1. The van der Waals surface area contributed by atoms with Gasteiger partial charge in [0.1, 0.15) is 0 Å². The molecule has 2 rings (SSSR count). The molecule has 2 aromatic heterocycles. The third-order valence-electron chi connectivity index (χ3n) is 2.78. The van der Waals surface area contributed by atoms with E-state index in [1.54, 1.807) is 12.4 Å². The largest absolute Gasteiger partial charge is 2.00 e. The van der Waals surface area contributed by atoms with Gasteiger partial charge in [0.15, 0.2) is 5.60 Å². The number of aromatic amines is 2. The number of nitrogens with one attached hydrogen (secondary N) is 2. The van der Waals surface area contributed by atoms with E-state index in [0.29, 0.717) is 11.4 Å². The fourth-order valence-electron chi connectivity index (χ4n) is 1.40. The van der Waals surface area contributed by atoms with E-state index in [1.165, 1.54) is 24.8 Å². The van der Waals surface area contributed by atoms with E-state index >= 15 is 0 Å². The van der Waals surface area contributed by atoms with Crippen molar-refractivity contribution in [2.24, 2.45) is 0 Å². The molecule has 0 aromatic carbocycles. The molecule has 0 aliphatic heterocycles. The van der Waals surface area contributed by atoms with Crippen molar-refractivity contribution in [2.75, 3.05) is 0 Å². The van der Waals surface area contributed by atoms with E-state index in [9.17, 15) is 29.4 Å². The van der Waals surface area contributed by atoms with Crippen LogP contribution in [0.1, 0.15) is 24.7 Å². The van der Waals surface area contributed by atoms with Gasteiger partial charge in [-0.15, -0.1) is 0 Å². The Hall–Kier alpha value is -3.74. The standard InChI is InChI=1S/2C6H6N2O2.C5H8O5.Se/c2*9-6(10)2-1-5-3-7-4-8-5;1-5(10,4(8)9)2-3(6)7;/h2*1-4H,(H,7,8)(H,9,10);10H,2H2,1H3,(H,6,7)(H,8,9);/q;;;+2/p-2. The van der Waals surface area contributed by atoms with Crippen LogP contribution in [0.2, 0.25) is 0 Å². The molecular formula is C17H18N4O9Se. The molecule has 14 heteroatoms. The average molecular weight is 501 g/mol. The summed E-state index contributed by atoms with van der Waals surface area (Å²) >= 11 is 0. The van der Waals surface area contributed by atoms with Crippen LogP contribution in [0.5, 0.6) is 0 Å². The molecule has 0 amide bonds. The minimum Gasteiger partial charge on any atom is -0.545 e. The van der Waals surface area contributed by atoms with Crippen molar-refractivity contribution in [1.82, 2.24) is 19.9 Å². The number of aliphatic carboxylic acids is 4. The molecule has 0 saturated heterocycles. The molecule has 0 fully saturated rings. The van der Waals surface area contributed by atoms with E-state index in [-0.39, 0.29) is 17.1 Å². The van der Waals surface area contributed by atoms with Crippen molar-refractivity contribution in [3.05, 3.63) is 48.6 Å². The van der Waals surface area contributed by atoms with Crippen LogP contribution in [-0.2, 0) is 19.2 Å². The first-order chi connectivity index (χ1) is 13.9.